The molecule has 0 saturated carbocycles. The van der Waals surface area contributed by atoms with Crippen LogP contribution in [-0.4, -0.2) is 39.0 Å². The molecule has 3 aromatic rings. The minimum atomic E-state index is -3.71. The molecular weight excluding hydrogens is 357 g/mol. The Morgan fingerprint density at radius 2 is 2.08 bits per heavy atom. The second-order valence-corrected chi connectivity index (χ2v) is 8.51. The van der Waals surface area contributed by atoms with Crippen LogP contribution >= 0.6 is 0 Å². The Hall–Kier alpha value is -2.26. The highest BCUT2D eigenvalue weighted by Gasteiger charge is 2.40. The van der Waals surface area contributed by atoms with Crippen molar-refractivity contribution in [2.24, 2.45) is 7.05 Å². The molecule has 0 bridgehead atoms. The van der Waals surface area contributed by atoms with Gasteiger partial charge in [0.15, 0.2) is 0 Å². The van der Waals surface area contributed by atoms with Gasteiger partial charge in [-0.25, -0.2) is 17.8 Å². The van der Waals surface area contributed by atoms with Crippen LogP contribution in [0.2, 0.25) is 0 Å². The molecule has 7 nitrogen and oxygen atoms in total. The Morgan fingerprint density at radius 3 is 2.77 bits per heavy atom. The smallest absolute Gasteiger partial charge is 0.247 e. The molecule has 0 radical (unpaired) electrons. The quantitative estimate of drug-likeness (QED) is 0.760. The van der Waals surface area contributed by atoms with Crippen LogP contribution in [0.25, 0.3) is 11.0 Å². The van der Waals surface area contributed by atoms with Crippen LogP contribution in [0.15, 0.2) is 23.1 Å². The van der Waals surface area contributed by atoms with Gasteiger partial charge in [0.2, 0.25) is 10.0 Å². The van der Waals surface area contributed by atoms with E-state index in [1.807, 2.05) is 0 Å². The van der Waals surface area contributed by atoms with Gasteiger partial charge in [0.25, 0.3) is 0 Å². The number of fused-ring (bicyclic) bond motifs is 1. The fraction of sp³-hybridized carbons (Fsp3) is 0.412. The van der Waals surface area contributed by atoms with Crippen LogP contribution < -0.4 is 0 Å². The maximum absolute atomic E-state index is 13.4. The molecule has 0 spiro atoms. The Labute approximate surface area is 150 Å². The third-order valence-electron chi connectivity index (χ3n) is 4.99. The molecule has 1 fully saturated rings. The number of aromatic nitrogens is 4. The first-order valence-corrected chi connectivity index (χ1v) is 9.90. The predicted molar refractivity (Wildman–Crippen MR) is 94.6 cm³/mol. The zero-order chi connectivity index (χ0) is 18.6. The topological polar surface area (TPSA) is 83.9 Å². The summed E-state index contributed by atoms with van der Waals surface area (Å²) in [7, 11) is -1.97. The third kappa shape index (κ3) is 2.53. The molecule has 1 N–H and O–H groups in total. The van der Waals surface area contributed by atoms with Crippen molar-refractivity contribution in [2.75, 3.05) is 6.54 Å². The highest BCUT2D eigenvalue weighted by Crippen LogP contribution is 2.37. The van der Waals surface area contributed by atoms with Gasteiger partial charge >= 0.3 is 0 Å². The van der Waals surface area contributed by atoms with E-state index in [-0.39, 0.29) is 10.7 Å². The van der Waals surface area contributed by atoms with Crippen molar-refractivity contribution in [1.82, 2.24) is 24.1 Å². The summed E-state index contributed by atoms with van der Waals surface area (Å²) in [5, 5.41) is 4.24. The van der Waals surface area contributed by atoms with E-state index in [1.165, 1.54) is 16.4 Å². The zero-order valence-electron chi connectivity index (χ0n) is 14.8. The lowest BCUT2D eigenvalue weighted by molar-refractivity contribution is 0.385. The first kappa shape index (κ1) is 17.2. The average molecular weight is 377 g/mol. The fourth-order valence-electron chi connectivity index (χ4n) is 3.71. The van der Waals surface area contributed by atoms with Crippen molar-refractivity contribution in [1.29, 1.82) is 0 Å². The standard InChI is InChI=1S/C17H20FN5O2S/c1-10-16(11(2)22(3)21-10)26(24,25)23-8-4-5-15(23)17-19-13-7-6-12(18)9-14(13)20-17/h6-7,9,15H,4-5,8H2,1-3H3,(H,19,20). The molecule has 138 valence electrons. The summed E-state index contributed by atoms with van der Waals surface area (Å²) >= 11 is 0. The van der Waals surface area contributed by atoms with Gasteiger partial charge in [-0.05, 0) is 44.9 Å². The zero-order valence-corrected chi connectivity index (χ0v) is 15.6. The summed E-state index contributed by atoms with van der Waals surface area (Å²) in [4.78, 5) is 7.84. The lowest BCUT2D eigenvalue weighted by atomic mass is 10.2. The predicted octanol–water partition coefficient (Wildman–Crippen LogP) is 2.58. The maximum Gasteiger partial charge on any atom is 0.247 e. The van der Waals surface area contributed by atoms with Gasteiger partial charge in [0.1, 0.15) is 16.5 Å². The van der Waals surface area contributed by atoms with E-state index in [4.69, 9.17) is 0 Å². The van der Waals surface area contributed by atoms with Crippen molar-refractivity contribution < 1.29 is 12.8 Å². The van der Waals surface area contributed by atoms with Crippen LogP contribution in [-0.2, 0) is 17.1 Å². The minimum absolute atomic E-state index is 0.258. The van der Waals surface area contributed by atoms with Crippen LogP contribution in [0.1, 0.15) is 36.1 Å². The summed E-state index contributed by atoms with van der Waals surface area (Å²) in [6, 6.07) is 3.91. The van der Waals surface area contributed by atoms with E-state index in [2.05, 4.69) is 15.1 Å². The average Bonchev–Trinajstić information content (AvgIpc) is 3.25. The van der Waals surface area contributed by atoms with Crippen molar-refractivity contribution >= 4 is 21.1 Å². The molecule has 4 rings (SSSR count). The minimum Gasteiger partial charge on any atom is -0.341 e. The molecule has 9 heteroatoms. The highest BCUT2D eigenvalue weighted by atomic mass is 32.2. The Bertz CT molecular complexity index is 1100. The maximum atomic E-state index is 13.4. The Morgan fingerprint density at radius 1 is 1.31 bits per heavy atom. The molecule has 1 aliphatic heterocycles. The number of hydrogen-bond acceptors (Lipinski definition) is 4. The first-order valence-electron chi connectivity index (χ1n) is 8.46. The molecule has 1 aromatic carbocycles. The number of aryl methyl sites for hydroxylation is 2. The highest BCUT2D eigenvalue weighted by molar-refractivity contribution is 7.89. The van der Waals surface area contributed by atoms with Crippen LogP contribution in [0, 0.1) is 19.7 Å². The summed E-state index contributed by atoms with van der Waals surface area (Å²) < 4.78 is 43.1. The summed E-state index contributed by atoms with van der Waals surface area (Å²) in [6.07, 6.45) is 1.41. The number of sulfonamides is 1. The number of H-pyrrole nitrogens is 1. The number of hydrogen-bond donors (Lipinski definition) is 1. The number of benzene rings is 1. The van der Waals surface area contributed by atoms with Gasteiger partial charge in [-0.3, -0.25) is 4.68 Å². The van der Waals surface area contributed by atoms with E-state index >= 15 is 0 Å². The Balaban J connectivity index is 1.78. The van der Waals surface area contributed by atoms with Gasteiger partial charge in [-0.15, -0.1) is 0 Å². The van der Waals surface area contributed by atoms with Crippen LogP contribution in [0.3, 0.4) is 0 Å². The SMILES string of the molecule is Cc1nn(C)c(C)c1S(=O)(=O)N1CCCC1c1nc2ccc(F)cc2[nH]1. The largest absolute Gasteiger partial charge is 0.341 e. The summed E-state index contributed by atoms with van der Waals surface area (Å²) in [5.41, 5.74) is 2.29. The fourth-order valence-corrected chi connectivity index (χ4v) is 5.77. The Kier molecular flexibility index (Phi) is 3.89. The number of rotatable bonds is 3. The number of aromatic amines is 1. The molecule has 3 heterocycles. The second-order valence-electron chi connectivity index (χ2n) is 6.68. The molecule has 1 aliphatic rings. The first-order chi connectivity index (χ1) is 12.3. The molecule has 2 aromatic heterocycles. The van der Waals surface area contributed by atoms with E-state index in [0.29, 0.717) is 41.2 Å². The normalized spacial score (nSPS) is 18.8. The third-order valence-corrected chi connectivity index (χ3v) is 7.15. The molecule has 1 saturated heterocycles. The number of halogens is 1. The second kappa shape index (κ2) is 5.88. The monoisotopic (exact) mass is 377 g/mol. The van der Waals surface area contributed by atoms with Crippen molar-refractivity contribution in [3.05, 3.63) is 41.2 Å². The molecule has 1 atom stereocenters. The van der Waals surface area contributed by atoms with E-state index in [9.17, 15) is 12.8 Å². The van der Waals surface area contributed by atoms with E-state index < -0.39 is 16.1 Å². The summed E-state index contributed by atoms with van der Waals surface area (Å²) in [5.74, 6) is 0.191. The number of nitrogens with zero attached hydrogens (tertiary/aromatic N) is 4. The van der Waals surface area contributed by atoms with Gasteiger partial charge in [-0.1, -0.05) is 0 Å². The summed E-state index contributed by atoms with van der Waals surface area (Å²) in [6.45, 7) is 3.88. The number of imidazole rings is 1. The van der Waals surface area contributed by atoms with E-state index in [1.54, 1.807) is 31.6 Å². The van der Waals surface area contributed by atoms with Crippen molar-refractivity contribution in [3.63, 3.8) is 0 Å². The molecular formula is C17H20FN5O2S. The molecule has 0 aliphatic carbocycles. The van der Waals surface area contributed by atoms with Crippen LogP contribution in [0.4, 0.5) is 4.39 Å². The molecule has 0 amide bonds. The van der Waals surface area contributed by atoms with Gasteiger partial charge in [-0.2, -0.15) is 9.40 Å². The van der Waals surface area contributed by atoms with Gasteiger partial charge < -0.3 is 4.98 Å². The van der Waals surface area contributed by atoms with Gasteiger partial charge in [0, 0.05) is 13.6 Å². The number of nitrogens with one attached hydrogen (secondary N) is 1. The van der Waals surface area contributed by atoms with Crippen LogP contribution in [0.5, 0.6) is 0 Å². The lowest BCUT2D eigenvalue weighted by Crippen LogP contribution is -2.32. The van der Waals surface area contributed by atoms with E-state index in [0.717, 1.165) is 6.42 Å². The molecule has 1 unspecified atom stereocenters. The van der Waals surface area contributed by atoms with Gasteiger partial charge in [0.05, 0.1) is 28.5 Å². The van der Waals surface area contributed by atoms with Crippen molar-refractivity contribution in [3.8, 4) is 0 Å². The molecule has 26 heavy (non-hydrogen) atoms. The van der Waals surface area contributed by atoms with Crippen molar-refractivity contribution in [2.45, 2.75) is 37.6 Å². The lowest BCUT2D eigenvalue weighted by Gasteiger charge is -2.22.